The topological polar surface area (TPSA) is 23.8 Å². The Bertz CT molecular complexity index is 163. The molecule has 1 saturated carbocycles. The highest BCUT2D eigenvalue weighted by atomic mass is 79.9. The molecule has 0 aromatic rings. The van der Waals surface area contributed by atoms with Gasteiger partial charge in [0, 0.05) is 0 Å². The van der Waals surface area contributed by atoms with E-state index in [-0.39, 0.29) is 4.32 Å². The van der Waals surface area contributed by atoms with Crippen LogP contribution >= 0.6 is 15.9 Å². The molecule has 0 bridgehead atoms. The Morgan fingerprint density at radius 1 is 1.60 bits per heavy atom. The predicted molar refractivity (Wildman–Crippen MR) is 44.8 cm³/mol. The minimum Gasteiger partial charge on any atom is -0.197 e. The van der Waals surface area contributed by atoms with Gasteiger partial charge in [0.2, 0.25) is 0 Å². The molecular weight excluding hydrogens is 190 g/mol. The van der Waals surface area contributed by atoms with Gasteiger partial charge in [-0.25, -0.2) is 0 Å². The number of rotatable bonds is 1. The Kier molecular flexibility index (Phi) is 2.05. The molecule has 56 valence electrons. The molecule has 0 spiro atoms. The summed E-state index contributed by atoms with van der Waals surface area (Å²) in [6.45, 7) is 4.43. The van der Waals surface area contributed by atoms with E-state index >= 15 is 0 Å². The summed E-state index contributed by atoms with van der Waals surface area (Å²) in [6, 6.07) is 2.28. The molecule has 0 atom stereocenters. The Morgan fingerprint density at radius 2 is 2.10 bits per heavy atom. The van der Waals surface area contributed by atoms with E-state index in [9.17, 15) is 0 Å². The first-order valence-corrected chi connectivity index (χ1v) is 4.47. The number of hydrogen-bond acceptors (Lipinski definition) is 1. The van der Waals surface area contributed by atoms with E-state index < -0.39 is 0 Å². The minimum absolute atomic E-state index is 0.165. The van der Waals surface area contributed by atoms with Crippen molar-refractivity contribution in [1.82, 2.24) is 0 Å². The fraction of sp³-hybridized carbons (Fsp3) is 0.875. The third kappa shape index (κ3) is 1.34. The van der Waals surface area contributed by atoms with Crippen LogP contribution in [0.2, 0.25) is 0 Å². The lowest BCUT2D eigenvalue weighted by Crippen LogP contribution is -2.39. The van der Waals surface area contributed by atoms with Crippen molar-refractivity contribution in [2.75, 3.05) is 0 Å². The molecular formula is C8H12BrN. The molecule has 0 aromatic carbocycles. The van der Waals surface area contributed by atoms with Crippen LogP contribution in [0.5, 0.6) is 0 Å². The first-order chi connectivity index (χ1) is 4.57. The number of hydrogen-bond donors (Lipinski definition) is 0. The molecule has 1 rings (SSSR count). The second kappa shape index (κ2) is 2.54. The standard InChI is InChI=1S/C8H12BrN/c1-6(2)7-3-8(9,4-7)5-10/h6-7H,3-4H2,1-2H3. The number of alkyl halides is 1. The van der Waals surface area contributed by atoms with Crippen molar-refractivity contribution >= 4 is 15.9 Å². The van der Waals surface area contributed by atoms with Gasteiger partial charge in [0.1, 0.15) is 4.32 Å². The Balaban J connectivity index is 2.38. The zero-order valence-electron chi connectivity index (χ0n) is 6.39. The normalized spacial score (nSPS) is 38.9. The summed E-state index contributed by atoms with van der Waals surface area (Å²) < 4.78 is -0.165. The molecule has 10 heavy (non-hydrogen) atoms. The van der Waals surface area contributed by atoms with E-state index in [1.807, 2.05) is 0 Å². The summed E-state index contributed by atoms with van der Waals surface area (Å²) in [5.41, 5.74) is 0. The van der Waals surface area contributed by atoms with Crippen LogP contribution in [0.25, 0.3) is 0 Å². The molecule has 1 aliphatic rings. The Hall–Kier alpha value is -0.0300. The summed E-state index contributed by atoms with van der Waals surface area (Å²) >= 11 is 3.41. The van der Waals surface area contributed by atoms with E-state index in [0.29, 0.717) is 0 Å². The van der Waals surface area contributed by atoms with Gasteiger partial charge in [-0.2, -0.15) is 5.26 Å². The van der Waals surface area contributed by atoms with Crippen molar-refractivity contribution < 1.29 is 0 Å². The van der Waals surface area contributed by atoms with Gasteiger partial charge in [0.05, 0.1) is 6.07 Å². The summed E-state index contributed by atoms with van der Waals surface area (Å²) in [7, 11) is 0. The highest BCUT2D eigenvalue weighted by molar-refractivity contribution is 9.10. The molecule has 0 N–H and O–H groups in total. The van der Waals surface area contributed by atoms with Gasteiger partial charge < -0.3 is 0 Å². The maximum atomic E-state index is 8.65. The Labute approximate surface area is 70.5 Å². The maximum Gasteiger partial charge on any atom is 0.113 e. The van der Waals surface area contributed by atoms with Gasteiger partial charge >= 0.3 is 0 Å². The molecule has 2 heteroatoms. The molecule has 0 unspecified atom stereocenters. The average molecular weight is 202 g/mol. The van der Waals surface area contributed by atoms with Crippen LogP contribution in [-0.4, -0.2) is 4.32 Å². The molecule has 1 fully saturated rings. The number of nitriles is 1. The highest BCUT2D eigenvalue weighted by Gasteiger charge is 2.43. The molecule has 0 radical (unpaired) electrons. The van der Waals surface area contributed by atoms with Gasteiger partial charge in [-0.15, -0.1) is 0 Å². The minimum atomic E-state index is -0.165. The number of nitrogens with zero attached hydrogens (tertiary/aromatic N) is 1. The SMILES string of the molecule is CC(C)C1CC(Br)(C#N)C1. The lowest BCUT2D eigenvalue weighted by molar-refractivity contribution is 0.211. The highest BCUT2D eigenvalue weighted by Crippen LogP contribution is 2.47. The predicted octanol–water partition coefficient (Wildman–Crippen LogP) is 2.71. The van der Waals surface area contributed by atoms with E-state index in [1.54, 1.807) is 0 Å². The van der Waals surface area contributed by atoms with E-state index in [1.165, 1.54) is 0 Å². The monoisotopic (exact) mass is 201 g/mol. The van der Waals surface area contributed by atoms with Crippen LogP contribution in [0.1, 0.15) is 26.7 Å². The summed E-state index contributed by atoms with van der Waals surface area (Å²) in [5, 5.41) is 8.65. The zero-order valence-corrected chi connectivity index (χ0v) is 7.98. The first-order valence-electron chi connectivity index (χ1n) is 3.67. The molecule has 1 aliphatic carbocycles. The van der Waals surface area contributed by atoms with E-state index in [0.717, 1.165) is 24.7 Å². The Morgan fingerprint density at radius 3 is 2.40 bits per heavy atom. The van der Waals surface area contributed by atoms with Crippen LogP contribution in [0, 0.1) is 23.2 Å². The summed E-state index contributed by atoms with van der Waals surface area (Å²) in [6.07, 6.45) is 2.06. The molecule has 0 heterocycles. The molecule has 0 aliphatic heterocycles. The van der Waals surface area contributed by atoms with Crippen LogP contribution < -0.4 is 0 Å². The van der Waals surface area contributed by atoms with Crippen LogP contribution in [0.3, 0.4) is 0 Å². The van der Waals surface area contributed by atoms with Crippen molar-refractivity contribution in [2.24, 2.45) is 11.8 Å². The average Bonchev–Trinajstić information content (AvgIpc) is 1.80. The van der Waals surface area contributed by atoms with Crippen LogP contribution in [-0.2, 0) is 0 Å². The largest absolute Gasteiger partial charge is 0.197 e. The first kappa shape index (κ1) is 8.07. The molecule has 1 nitrogen and oxygen atoms in total. The fourth-order valence-electron chi connectivity index (χ4n) is 1.33. The zero-order chi connectivity index (χ0) is 7.78. The quantitative estimate of drug-likeness (QED) is 0.599. The van der Waals surface area contributed by atoms with Crippen molar-refractivity contribution in [1.29, 1.82) is 5.26 Å². The fourth-order valence-corrected chi connectivity index (χ4v) is 2.17. The summed E-state index contributed by atoms with van der Waals surface area (Å²) in [4.78, 5) is 0. The van der Waals surface area contributed by atoms with Gasteiger partial charge in [-0.1, -0.05) is 29.8 Å². The van der Waals surface area contributed by atoms with Crippen molar-refractivity contribution in [3.8, 4) is 6.07 Å². The number of halogens is 1. The van der Waals surface area contributed by atoms with Gasteiger partial charge in [-0.05, 0) is 24.7 Å². The third-order valence-corrected chi connectivity index (χ3v) is 3.14. The van der Waals surface area contributed by atoms with E-state index in [4.69, 9.17) is 5.26 Å². The van der Waals surface area contributed by atoms with Crippen molar-refractivity contribution in [3.63, 3.8) is 0 Å². The van der Waals surface area contributed by atoms with Crippen LogP contribution in [0.15, 0.2) is 0 Å². The lowest BCUT2D eigenvalue weighted by atomic mass is 9.70. The molecule has 0 aromatic heterocycles. The van der Waals surface area contributed by atoms with Crippen molar-refractivity contribution in [2.45, 2.75) is 31.0 Å². The summed E-state index contributed by atoms with van der Waals surface area (Å²) in [5.74, 6) is 1.50. The maximum absolute atomic E-state index is 8.65. The molecule has 0 amide bonds. The van der Waals surface area contributed by atoms with Gasteiger partial charge in [0.15, 0.2) is 0 Å². The van der Waals surface area contributed by atoms with Gasteiger partial charge in [0.25, 0.3) is 0 Å². The lowest BCUT2D eigenvalue weighted by Gasteiger charge is -2.40. The van der Waals surface area contributed by atoms with Gasteiger partial charge in [-0.3, -0.25) is 0 Å². The van der Waals surface area contributed by atoms with Crippen LogP contribution in [0.4, 0.5) is 0 Å². The smallest absolute Gasteiger partial charge is 0.113 e. The van der Waals surface area contributed by atoms with E-state index in [2.05, 4.69) is 35.8 Å². The second-order valence-electron chi connectivity index (χ2n) is 3.49. The third-order valence-electron chi connectivity index (χ3n) is 2.31. The van der Waals surface area contributed by atoms with Crippen molar-refractivity contribution in [3.05, 3.63) is 0 Å². The second-order valence-corrected chi connectivity index (χ2v) is 5.01. The molecule has 0 saturated heterocycles.